The van der Waals surface area contributed by atoms with Crippen LogP contribution in [0.2, 0.25) is 0 Å². The van der Waals surface area contributed by atoms with Crippen LogP contribution in [0.3, 0.4) is 0 Å². The van der Waals surface area contributed by atoms with Gasteiger partial charge in [-0.1, -0.05) is 176 Å². The minimum Gasteiger partial charge on any atom is -0.294 e. The molecule has 0 saturated carbocycles. The minimum absolute atomic E-state index is 0.455. The molecule has 3 heterocycles. The largest absolute Gasteiger partial charge is 0.294 e. The number of pyridine rings is 1. The van der Waals surface area contributed by atoms with Gasteiger partial charge < -0.3 is 0 Å². The van der Waals surface area contributed by atoms with Crippen LogP contribution in [0, 0.1) is 0 Å². The van der Waals surface area contributed by atoms with Gasteiger partial charge in [0, 0.05) is 26.1 Å². The van der Waals surface area contributed by atoms with E-state index < -0.39 is 5.41 Å². The first-order chi connectivity index (χ1) is 27.3. The maximum atomic E-state index is 5.49. The van der Waals surface area contributed by atoms with Crippen molar-refractivity contribution in [1.29, 1.82) is 0 Å². The van der Waals surface area contributed by atoms with Gasteiger partial charge in [0.1, 0.15) is 5.82 Å². The molecule has 0 bridgehead atoms. The Hall–Kier alpha value is -6.68. The molecule has 0 atom stereocenters. The van der Waals surface area contributed by atoms with E-state index in [2.05, 4.69) is 199 Å². The first-order valence-corrected chi connectivity index (χ1v) is 19.7. The highest BCUT2D eigenvalue weighted by Gasteiger charge is 2.50. The van der Waals surface area contributed by atoms with E-state index in [1.807, 2.05) is 11.8 Å². The number of benzene rings is 8. The van der Waals surface area contributed by atoms with Gasteiger partial charge in [-0.05, 0) is 85.6 Å². The molecule has 1 aliphatic heterocycles. The van der Waals surface area contributed by atoms with E-state index in [-0.39, 0.29) is 0 Å². The van der Waals surface area contributed by atoms with Crippen LogP contribution in [0.15, 0.2) is 204 Å². The normalized spacial score (nSPS) is 13.5. The molecule has 0 N–H and O–H groups in total. The Morgan fingerprint density at radius 1 is 0.436 bits per heavy atom. The Kier molecular flexibility index (Phi) is 6.52. The lowest BCUT2D eigenvalue weighted by molar-refractivity contribution is 0.726. The Labute approximate surface area is 323 Å². The van der Waals surface area contributed by atoms with Crippen LogP contribution < -0.4 is 0 Å². The third kappa shape index (κ3) is 4.24. The molecule has 10 aromatic rings. The first-order valence-electron chi connectivity index (χ1n) is 18.9. The number of hydrogen-bond acceptors (Lipinski definition) is 2. The van der Waals surface area contributed by atoms with Crippen molar-refractivity contribution < 1.29 is 0 Å². The number of aromatic nitrogens is 2. The van der Waals surface area contributed by atoms with Gasteiger partial charge in [0.15, 0.2) is 0 Å². The number of fused-ring (bicyclic) bond motifs is 15. The van der Waals surface area contributed by atoms with Crippen molar-refractivity contribution in [3.8, 4) is 39.3 Å². The molecule has 2 aromatic heterocycles. The summed E-state index contributed by atoms with van der Waals surface area (Å²) in [7, 11) is 0. The van der Waals surface area contributed by atoms with E-state index in [0.29, 0.717) is 0 Å². The lowest BCUT2D eigenvalue weighted by Crippen LogP contribution is -2.32. The number of nitrogens with zero attached hydrogens (tertiary/aromatic N) is 2. The lowest BCUT2D eigenvalue weighted by Gasteiger charge is -2.40. The van der Waals surface area contributed by atoms with E-state index in [0.717, 1.165) is 33.7 Å². The lowest BCUT2D eigenvalue weighted by atomic mass is 9.67. The quantitative estimate of drug-likeness (QED) is 0.181. The molecule has 2 aliphatic rings. The molecule has 0 amide bonds. The molecule has 1 aliphatic carbocycles. The fourth-order valence-corrected chi connectivity index (χ4v) is 10.9. The summed E-state index contributed by atoms with van der Waals surface area (Å²) in [5.74, 6) is 0.905. The van der Waals surface area contributed by atoms with Crippen LogP contribution in [0.5, 0.6) is 0 Å². The van der Waals surface area contributed by atoms with Gasteiger partial charge >= 0.3 is 0 Å². The molecule has 12 rings (SSSR count). The van der Waals surface area contributed by atoms with E-state index in [1.165, 1.54) is 70.3 Å². The molecule has 3 heteroatoms. The van der Waals surface area contributed by atoms with Crippen LogP contribution in [0.25, 0.3) is 71.9 Å². The van der Waals surface area contributed by atoms with E-state index in [9.17, 15) is 0 Å². The average molecular weight is 717 g/mol. The van der Waals surface area contributed by atoms with Crippen molar-refractivity contribution in [2.45, 2.75) is 15.2 Å². The summed E-state index contributed by atoms with van der Waals surface area (Å²) in [4.78, 5) is 8.09. The summed E-state index contributed by atoms with van der Waals surface area (Å²) in [6, 6.07) is 71.2. The highest BCUT2D eigenvalue weighted by molar-refractivity contribution is 7.99. The zero-order valence-electron chi connectivity index (χ0n) is 29.8. The predicted octanol–water partition coefficient (Wildman–Crippen LogP) is 13.5. The van der Waals surface area contributed by atoms with Crippen LogP contribution in [0.4, 0.5) is 0 Å². The fourth-order valence-electron chi connectivity index (χ4n) is 9.61. The van der Waals surface area contributed by atoms with Crippen molar-refractivity contribution >= 4 is 44.3 Å². The minimum atomic E-state index is -0.455. The van der Waals surface area contributed by atoms with E-state index in [1.54, 1.807) is 0 Å². The molecule has 55 heavy (non-hydrogen) atoms. The number of rotatable bonds is 3. The van der Waals surface area contributed by atoms with Gasteiger partial charge in [-0.2, -0.15) is 0 Å². The zero-order valence-corrected chi connectivity index (χ0v) is 30.6. The van der Waals surface area contributed by atoms with Crippen molar-refractivity contribution in [3.05, 3.63) is 216 Å². The van der Waals surface area contributed by atoms with E-state index >= 15 is 0 Å². The van der Waals surface area contributed by atoms with Crippen molar-refractivity contribution in [2.24, 2.45) is 0 Å². The van der Waals surface area contributed by atoms with Crippen LogP contribution in [-0.4, -0.2) is 9.55 Å². The molecule has 8 aromatic carbocycles. The summed E-state index contributed by atoms with van der Waals surface area (Å²) >= 11 is 1.92. The number of hydrogen-bond donors (Lipinski definition) is 0. The van der Waals surface area contributed by atoms with Gasteiger partial charge in [0.25, 0.3) is 0 Å². The zero-order chi connectivity index (χ0) is 36.1. The maximum Gasteiger partial charge on any atom is 0.138 e. The Morgan fingerprint density at radius 2 is 1.04 bits per heavy atom. The van der Waals surface area contributed by atoms with Crippen molar-refractivity contribution in [3.63, 3.8) is 0 Å². The second kappa shape index (κ2) is 11.7. The maximum absolute atomic E-state index is 5.49. The predicted molar refractivity (Wildman–Crippen MR) is 228 cm³/mol. The second-order valence-corrected chi connectivity index (χ2v) is 15.7. The van der Waals surface area contributed by atoms with Crippen molar-refractivity contribution in [1.82, 2.24) is 9.55 Å². The Bertz CT molecular complexity index is 3070. The third-order valence-electron chi connectivity index (χ3n) is 11.9. The molecule has 1 spiro atoms. The highest BCUT2D eigenvalue weighted by atomic mass is 32.2. The summed E-state index contributed by atoms with van der Waals surface area (Å²) in [5, 5.41) is 5.02. The van der Waals surface area contributed by atoms with E-state index in [4.69, 9.17) is 4.98 Å². The van der Waals surface area contributed by atoms with Gasteiger partial charge in [0.2, 0.25) is 0 Å². The summed E-state index contributed by atoms with van der Waals surface area (Å²) in [5.41, 5.74) is 14.2. The highest BCUT2D eigenvalue weighted by Crippen LogP contribution is 2.63. The van der Waals surface area contributed by atoms with Gasteiger partial charge in [0.05, 0.1) is 22.1 Å². The summed E-state index contributed by atoms with van der Waals surface area (Å²) in [6.07, 6.45) is 0. The van der Waals surface area contributed by atoms with Crippen LogP contribution >= 0.6 is 11.8 Å². The standard InChI is InChI=1S/C52H32N2S/c1-3-15-33(16-4-1)36-31-44(35-18-5-2-6-19-35)53-48(32-36)54-45-29-27-34-17-7-8-20-37(34)49(45)50-46(54)30-28-43-51(50)55-47-26-14-13-25-42(47)52(43)40-23-11-9-21-38(40)39-22-10-12-24-41(39)52/h1-32H. The summed E-state index contributed by atoms with van der Waals surface area (Å²) in [6.45, 7) is 0. The molecule has 0 fully saturated rings. The molecule has 256 valence electrons. The molecule has 0 saturated heterocycles. The topological polar surface area (TPSA) is 17.8 Å². The third-order valence-corrected chi connectivity index (χ3v) is 13.1. The van der Waals surface area contributed by atoms with Gasteiger partial charge in [-0.3, -0.25) is 4.57 Å². The Morgan fingerprint density at radius 3 is 1.80 bits per heavy atom. The molecule has 0 radical (unpaired) electrons. The molecular weight excluding hydrogens is 685 g/mol. The molecule has 0 unspecified atom stereocenters. The second-order valence-electron chi connectivity index (χ2n) is 14.6. The monoisotopic (exact) mass is 716 g/mol. The Balaban J connectivity index is 1.24. The SMILES string of the molecule is c1ccc(-c2cc(-c3ccccc3)nc(-n3c4ccc5c(c4c4c6ccccc6ccc43)Sc3ccccc3C53c4ccccc4-c4ccccc43)c2)cc1. The van der Waals surface area contributed by atoms with Crippen LogP contribution in [0.1, 0.15) is 22.3 Å². The van der Waals surface area contributed by atoms with Crippen LogP contribution in [-0.2, 0) is 5.41 Å². The molecular formula is C52H32N2S. The van der Waals surface area contributed by atoms with Gasteiger partial charge in [-0.25, -0.2) is 4.98 Å². The van der Waals surface area contributed by atoms with Gasteiger partial charge in [-0.15, -0.1) is 0 Å². The average Bonchev–Trinajstić information content (AvgIpc) is 3.76. The molecule has 2 nitrogen and oxygen atoms in total. The summed E-state index contributed by atoms with van der Waals surface area (Å²) < 4.78 is 2.42. The van der Waals surface area contributed by atoms with Crippen molar-refractivity contribution in [2.75, 3.05) is 0 Å². The fraction of sp³-hybridized carbons (Fsp3) is 0.0192. The first kappa shape index (κ1) is 30.7. The smallest absolute Gasteiger partial charge is 0.138 e.